The Balaban J connectivity index is 1.72. The number of hydrogen-bond acceptors (Lipinski definition) is 3. The molecule has 3 rings (SSSR count). The quantitative estimate of drug-likeness (QED) is 0.704. The summed E-state index contributed by atoms with van der Waals surface area (Å²) >= 11 is 0. The van der Waals surface area contributed by atoms with Crippen LogP contribution in [-0.2, 0) is 16.4 Å². The van der Waals surface area contributed by atoms with Crippen molar-refractivity contribution >= 4 is 20.9 Å². The zero-order valence-corrected chi connectivity index (χ0v) is 15.2. The second-order valence-corrected chi connectivity index (χ2v) is 7.89. The van der Waals surface area contributed by atoms with Crippen molar-refractivity contribution in [1.29, 1.82) is 0 Å². The van der Waals surface area contributed by atoms with Crippen molar-refractivity contribution in [2.45, 2.75) is 18.2 Å². The molecule has 0 aliphatic carbocycles. The van der Waals surface area contributed by atoms with E-state index in [1.165, 1.54) is 4.31 Å². The van der Waals surface area contributed by atoms with E-state index in [0.717, 1.165) is 16.5 Å². The van der Waals surface area contributed by atoms with Gasteiger partial charge < -0.3 is 9.72 Å². The first kappa shape index (κ1) is 17.5. The normalized spacial score (nSPS) is 12.0. The zero-order chi connectivity index (χ0) is 17.9. The van der Waals surface area contributed by atoms with E-state index in [-0.39, 0.29) is 4.90 Å². The van der Waals surface area contributed by atoms with Crippen molar-refractivity contribution in [3.05, 3.63) is 60.3 Å². The van der Waals surface area contributed by atoms with E-state index in [2.05, 4.69) is 4.98 Å². The van der Waals surface area contributed by atoms with Crippen LogP contribution in [0.3, 0.4) is 0 Å². The molecule has 1 N–H and O–H groups in total. The molecule has 0 bridgehead atoms. The van der Waals surface area contributed by atoms with Gasteiger partial charge in [-0.05, 0) is 49.2 Å². The van der Waals surface area contributed by atoms with Crippen LogP contribution in [0.15, 0.2) is 59.6 Å². The average molecular weight is 358 g/mol. The van der Waals surface area contributed by atoms with Crippen molar-refractivity contribution < 1.29 is 13.2 Å². The molecule has 0 amide bonds. The van der Waals surface area contributed by atoms with Crippen LogP contribution in [0.25, 0.3) is 10.9 Å². The molecule has 25 heavy (non-hydrogen) atoms. The van der Waals surface area contributed by atoms with E-state index in [1.54, 1.807) is 31.3 Å². The number of aromatic nitrogens is 1. The Labute approximate surface area is 148 Å². The lowest BCUT2D eigenvalue weighted by Gasteiger charge is -2.17. The van der Waals surface area contributed by atoms with Gasteiger partial charge in [0.2, 0.25) is 10.0 Å². The summed E-state index contributed by atoms with van der Waals surface area (Å²) in [6.45, 7) is 2.86. The largest absolute Gasteiger partial charge is 0.494 e. The van der Waals surface area contributed by atoms with E-state index in [4.69, 9.17) is 4.74 Å². The fourth-order valence-corrected chi connectivity index (χ4v) is 3.96. The maximum absolute atomic E-state index is 12.7. The third-order valence-corrected chi connectivity index (χ3v) is 6.08. The molecule has 0 fully saturated rings. The zero-order valence-electron chi connectivity index (χ0n) is 14.4. The van der Waals surface area contributed by atoms with Gasteiger partial charge in [-0.2, -0.15) is 0 Å². The number of para-hydroxylation sites is 1. The lowest BCUT2D eigenvalue weighted by atomic mass is 10.1. The summed E-state index contributed by atoms with van der Waals surface area (Å²) in [5.41, 5.74) is 2.18. The first-order valence-electron chi connectivity index (χ1n) is 8.26. The Bertz CT molecular complexity index is 946. The van der Waals surface area contributed by atoms with Gasteiger partial charge in [-0.25, -0.2) is 12.7 Å². The highest BCUT2D eigenvalue weighted by molar-refractivity contribution is 7.89. The Morgan fingerprint density at radius 1 is 1.08 bits per heavy atom. The summed E-state index contributed by atoms with van der Waals surface area (Å²) in [7, 11) is -1.90. The number of H-pyrrole nitrogens is 1. The Kier molecular flexibility index (Phi) is 5.11. The van der Waals surface area contributed by atoms with Crippen molar-refractivity contribution in [3.8, 4) is 5.75 Å². The lowest BCUT2D eigenvalue weighted by Crippen LogP contribution is -2.29. The monoisotopic (exact) mass is 358 g/mol. The lowest BCUT2D eigenvalue weighted by molar-refractivity contribution is 0.340. The standard InChI is InChI=1S/C19H22N2O3S/c1-3-24-16-8-10-17(11-9-16)25(22,23)21(2)13-12-15-14-20-19-7-5-4-6-18(15)19/h4-11,14,20H,3,12-13H2,1-2H3. The van der Waals surface area contributed by atoms with Crippen molar-refractivity contribution in [2.24, 2.45) is 0 Å². The second-order valence-electron chi connectivity index (χ2n) is 5.84. The van der Waals surface area contributed by atoms with Gasteiger partial charge in [-0.15, -0.1) is 0 Å². The van der Waals surface area contributed by atoms with E-state index in [0.29, 0.717) is 25.3 Å². The minimum atomic E-state index is -3.51. The number of fused-ring (bicyclic) bond motifs is 1. The van der Waals surface area contributed by atoms with Crippen LogP contribution >= 0.6 is 0 Å². The molecule has 0 saturated carbocycles. The van der Waals surface area contributed by atoms with Gasteiger partial charge in [0.05, 0.1) is 11.5 Å². The maximum Gasteiger partial charge on any atom is 0.242 e. The highest BCUT2D eigenvalue weighted by Crippen LogP contribution is 2.21. The van der Waals surface area contributed by atoms with E-state index >= 15 is 0 Å². The smallest absolute Gasteiger partial charge is 0.242 e. The molecule has 3 aromatic rings. The van der Waals surface area contributed by atoms with Gasteiger partial charge in [0.1, 0.15) is 5.75 Å². The second kappa shape index (κ2) is 7.29. The third-order valence-electron chi connectivity index (χ3n) is 4.21. The number of nitrogens with one attached hydrogen (secondary N) is 1. The fraction of sp³-hybridized carbons (Fsp3) is 0.263. The van der Waals surface area contributed by atoms with Gasteiger partial charge in [-0.3, -0.25) is 0 Å². The number of hydrogen-bond donors (Lipinski definition) is 1. The molecule has 132 valence electrons. The number of sulfonamides is 1. The van der Waals surface area contributed by atoms with E-state index in [1.807, 2.05) is 37.4 Å². The minimum absolute atomic E-state index is 0.275. The Hall–Kier alpha value is -2.31. The topological polar surface area (TPSA) is 62.4 Å². The van der Waals surface area contributed by atoms with Gasteiger partial charge in [0.25, 0.3) is 0 Å². The number of likely N-dealkylation sites (N-methyl/N-ethyl adjacent to an activating group) is 1. The first-order chi connectivity index (χ1) is 12.0. The van der Waals surface area contributed by atoms with Crippen LogP contribution in [0, 0.1) is 0 Å². The summed E-state index contributed by atoms with van der Waals surface area (Å²) in [4.78, 5) is 3.49. The highest BCUT2D eigenvalue weighted by atomic mass is 32.2. The molecule has 0 spiro atoms. The molecule has 6 heteroatoms. The Morgan fingerprint density at radius 3 is 2.52 bits per heavy atom. The van der Waals surface area contributed by atoms with E-state index < -0.39 is 10.0 Å². The maximum atomic E-state index is 12.7. The van der Waals surface area contributed by atoms with Crippen LogP contribution in [0.2, 0.25) is 0 Å². The number of benzene rings is 2. The molecule has 5 nitrogen and oxygen atoms in total. The summed E-state index contributed by atoms with van der Waals surface area (Å²) in [5.74, 6) is 0.669. The third kappa shape index (κ3) is 3.70. The SMILES string of the molecule is CCOc1ccc(S(=O)(=O)N(C)CCc2c[nH]c3ccccc23)cc1. The summed E-state index contributed by atoms with van der Waals surface area (Å²) in [6, 6.07) is 14.6. The number of aromatic amines is 1. The van der Waals surface area contributed by atoms with Crippen LogP contribution < -0.4 is 4.74 Å². The van der Waals surface area contributed by atoms with Crippen molar-refractivity contribution in [3.63, 3.8) is 0 Å². The molecule has 0 unspecified atom stereocenters. The summed E-state index contributed by atoms with van der Waals surface area (Å²) in [6.07, 6.45) is 2.60. The predicted molar refractivity (Wildman–Crippen MR) is 99.4 cm³/mol. The fourth-order valence-electron chi connectivity index (χ4n) is 2.79. The molecule has 0 aliphatic heterocycles. The Morgan fingerprint density at radius 2 is 1.80 bits per heavy atom. The van der Waals surface area contributed by atoms with E-state index in [9.17, 15) is 8.42 Å². The summed E-state index contributed by atoms with van der Waals surface area (Å²) < 4.78 is 32.2. The van der Waals surface area contributed by atoms with Gasteiger partial charge in [0, 0.05) is 30.7 Å². The predicted octanol–water partition coefficient (Wildman–Crippen LogP) is 3.43. The van der Waals surface area contributed by atoms with Gasteiger partial charge in [0.15, 0.2) is 0 Å². The van der Waals surface area contributed by atoms with Gasteiger partial charge in [-0.1, -0.05) is 18.2 Å². The first-order valence-corrected chi connectivity index (χ1v) is 9.70. The molecular weight excluding hydrogens is 336 g/mol. The molecule has 0 saturated heterocycles. The number of ether oxygens (including phenoxy) is 1. The molecule has 0 radical (unpaired) electrons. The van der Waals surface area contributed by atoms with Crippen LogP contribution in [-0.4, -0.2) is 37.9 Å². The highest BCUT2D eigenvalue weighted by Gasteiger charge is 2.20. The molecule has 0 aliphatic rings. The molecular formula is C19H22N2O3S. The van der Waals surface area contributed by atoms with Crippen molar-refractivity contribution in [1.82, 2.24) is 9.29 Å². The van der Waals surface area contributed by atoms with Crippen LogP contribution in [0.1, 0.15) is 12.5 Å². The minimum Gasteiger partial charge on any atom is -0.494 e. The number of nitrogens with zero attached hydrogens (tertiary/aromatic N) is 1. The van der Waals surface area contributed by atoms with Crippen LogP contribution in [0.5, 0.6) is 5.75 Å². The molecule has 2 aromatic carbocycles. The molecule has 1 aromatic heterocycles. The average Bonchev–Trinajstić information content (AvgIpc) is 3.03. The molecule has 1 heterocycles. The summed E-state index contributed by atoms with van der Waals surface area (Å²) in [5, 5.41) is 1.13. The number of rotatable bonds is 7. The molecule has 0 atom stereocenters. The van der Waals surface area contributed by atoms with Gasteiger partial charge >= 0.3 is 0 Å². The van der Waals surface area contributed by atoms with Crippen LogP contribution in [0.4, 0.5) is 0 Å². The van der Waals surface area contributed by atoms with Crippen molar-refractivity contribution in [2.75, 3.05) is 20.2 Å².